The van der Waals surface area contributed by atoms with E-state index in [9.17, 15) is 14.4 Å². The summed E-state index contributed by atoms with van der Waals surface area (Å²) in [6.07, 6.45) is 0.966. The SMILES string of the molecule is CCc1ccc(N2C(=O)CC(SCC(=O)Nc3cc(OC)cc(OC)c3)C2=O)cc1. The Labute approximate surface area is 179 Å². The van der Waals surface area contributed by atoms with Crippen molar-refractivity contribution in [2.75, 3.05) is 30.2 Å². The van der Waals surface area contributed by atoms with E-state index in [2.05, 4.69) is 5.32 Å². The lowest BCUT2D eigenvalue weighted by atomic mass is 10.1. The minimum atomic E-state index is -0.575. The largest absolute Gasteiger partial charge is 0.497 e. The van der Waals surface area contributed by atoms with E-state index in [1.165, 1.54) is 19.1 Å². The fraction of sp³-hybridized carbons (Fsp3) is 0.318. The van der Waals surface area contributed by atoms with Crippen LogP contribution in [0.25, 0.3) is 0 Å². The number of benzene rings is 2. The van der Waals surface area contributed by atoms with Gasteiger partial charge in [-0.25, -0.2) is 4.90 Å². The number of thioether (sulfide) groups is 1. The summed E-state index contributed by atoms with van der Waals surface area (Å²) in [5.41, 5.74) is 2.23. The fourth-order valence-electron chi connectivity index (χ4n) is 3.14. The number of ether oxygens (including phenoxy) is 2. The summed E-state index contributed by atoms with van der Waals surface area (Å²) in [7, 11) is 3.06. The number of hydrogen-bond donors (Lipinski definition) is 1. The van der Waals surface area contributed by atoms with E-state index in [0.29, 0.717) is 22.9 Å². The molecule has 0 aromatic heterocycles. The number of anilines is 2. The Bertz CT molecular complexity index is 923. The second kappa shape index (κ2) is 9.67. The van der Waals surface area contributed by atoms with Crippen molar-refractivity contribution in [3.63, 3.8) is 0 Å². The summed E-state index contributed by atoms with van der Waals surface area (Å²) < 4.78 is 10.4. The predicted octanol–water partition coefficient (Wildman–Crippen LogP) is 3.27. The van der Waals surface area contributed by atoms with Crippen molar-refractivity contribution in [2.24, 2.45) is 0 Å². The van der Waals surface area contributed by atoms with Crippen molar-refractivity contribution in [2.45, 2.75) is 25.0 Å². The third-order valence-electron chi connectivity index (χ3n) is 4.76. The van der Waals surface area contributed by atoms with E-state index in [4.69, 9.17) is 9.47 Å². The van der Waals surface area contributed by atoms with Gasteiger partial charge < -0.3 is 14.8 Å². The highest BCUT2D eigenvalue weighted by atomic mass is 32.2. The maximum atomic E-state index is 12.7. The quantitative estimate of drug-likeness (QED) is 0.650. The Morgan fingerprint density at radius 3 is 2.30 bits per heavy atom. The highest BCUT2D eigenvalue weighted by Crippen LogP contribution is 2.30. The number of imide groups is 1. The highest BCUT2D eigenvalue weighted by molar-refractivity contribution is 8.01. The summed E-state index contributed by atoms with van der Waals surface area (Å²) in [6, 6.07) is 12.4. The van der Waals surface area contributed by atoms with Crippen LogP contribution < -0.4 is 19.7 Å². The number of hydrogen-bond acceptors (Lipinski definition) is 6. The molecule has 0 aliphatic carbocycles. The zero-order chi connectivity index (χ0) is 21.7. The highest BCUT2D eigenvalue weighted by Gasteiger charge is 2.40. The van der Waals surface area contributed by atoms with Crippen LogP contribution in [0.3, 0.4) is 0 Å². The van der Waals surface area contributed by atoms with Gasteiger partial charge >= 0.3 is 0 Å². The summed E-state index contributed by atoms with van der Waals surface area (Å²) in [6.45, 7) is 2.04. The molecule has 30 heavy (non-hydrogen) atoms. The summed E-state index contributed by atoms with van der Waals surface area (Å²) >= 11 is 1.16. The van der Waals surface area contributed by atoms with Crippen LogP contribution in [0, 0.1) is 0 Å². The van der Waals surface area contributed by atoms with E-state index in [0.717, 1.165) is 23.7 Å². The van der Waals surface area contributed by atoms with Crippen LogP contribution >= 0.6 is 11.8 Å². The topological polar surface area (TPSA) is 84.9 Å². The number of aryl methyl sites for hydroxylation is 1. The van der Waals surface area contributed by atoms with Gasteiger partial charge in [0.25, 0.3) is 0 Å². The predicted molar refractivity (Wildman–Crippen MR) is 117 cm³/mol. The molecule has 3 rings (SSSR count). The molecule has 2 aromatic rings. The molecule has 1 aliphatic rings. The van der Waals surface area contributed by atoms with Crippen molar-refractivity contribution in [1.82, 2.24) is 0 Å². The molecule has 0 bridgehead atoms. The molecule has 8 heteroatoms. The van der Waals surface area contributed by atoms with Gasteiger partial charge in [0.1, 0.15) is 11.5 Å². The Hall–Kier alpha value is -3.00. The van der Waals surface area contributed by atoms with Crippen LogP contribution in [-0.4, -0.2) is 42.9 Å². The standard InChI is InChI=1S/C22H24N2O5S/c1-4-14-5-7-16(8-6-14)24-21(26)12-19(22(24)27)30-13-20(25)23-15-9-17(28-2)11-18(10-15)29-3/h5-11,19H,4,12-13H2,1-3H3,(H,23,25). The zero-order valence-corrected chi connectivity index (χ0v) is 18.0. The molecule has 1 aliphatic heterocycles. The average molecular weight is 429 g/mol. The molecule has 1 atom stereocenters. The molecule has 2 aromatic carbocycles. The number of methoxy groups -OCH3 is 2. The molecule has 1 heterocycles. The fourth-order valence-corrected chi connectivity index (χ4v) is 4.07. The Morgan fingerprint density at radius 2 is 1.73 bits per heavy atom. The second-order valence-corrected chi connectivity index (χ2v) is 7.93. The molecular formula is C22H24N2O5S. The third-order valence-corrected chi connectivity index (χ3v) is 5.96. The van der Waals surface area contributed by atoms with Gasteiger partial charge in [-0.2, -0.15) is 0 Å². The van der Waals surface area contributed by atoms with E-state index in [-0.39, 0.29) is 29.9 Å². The average Bonchev–Trinajstić information content (AvgIpc) is 3.05. The van der Waals surface area contributed by atoms with Gasteiger partial charge in [0.15, 0.2) is 0 Å². The molecule has 7 nitrogen and oxygen atoms in total. The van der Waals surface area contributed by atoms with Crippen LogP contribution in [0.4, 0.5) is 11.4 Å². The van der Waals surface area contributed by atoms with Crippen molar-refractivity contribution >= 4 is 40.9 Å². The van der Waals surface area contributed by atoms with E-state index in [1.807, 2.05) is 19.1 Å². The first-order chi connectivity index (χ1) is 14.4. The van der Waals surface area contributed by atoms with Gasteiger partial charge in [0.2, 0.25) is 17.7 Å². The van der Waals surface area contributed by atoms with E-state index in [1.54, 1.807) is 30.3 Å². The van der Waals surface area contributed by atoms with Gasteiger partial charge in [-0.1, -0.05) is 19.1 Å². The molecule has 1 unspecified atom stereocenters. The van der Waals surface area contributed by atoms with Gasteiger partial charge in [0, 0.05) is 30.3 Å². The molecule has 158 valence electrons. The molecule has 0 saturated carbocycles. The van der Waals surface area contributed by atoms with Crippen molar-refractivity contribution in [1.29, 1.82) is 0 Å². The van der Waals surface area contributed by atoms with Crippen molar-refractivity contribution in [3.8, 4) is 11.5 Å². The number of nitrogens with one attached hydrogen (secondary N) is 1. The minimum absolute atomic E-state index is 0.0474. The molecule has 0 spiro atoms. The minimum Gasteiger partial charge on any atom is -0.497 e. The smallest absolute Gasteiger partial charge is 0.247 e. The molecule has 1 saturated heterocycles. The lowest BCUT2D eigenvalue weighted by molar-refractivity contribution is -0.121. The summed E-state index contributed by atoms with van der Waals surface area (Å²) in [4.78, 5) is 38.7. The third kappa shape index (κ3) is 4.94. The zero-order valence-electron chi connectivity index (χ0n) is 17.1. The number of carbonyl (C=O) groups is 3. The number of nitrogens with zero attached hydrogens (tertiary/aromatic N) is 1. The Balaban J connectivity index is 1.60. The molecule has 1 fully saturated rings. The normalized spacial score (nSPS) is 16.0. The number of rotatable bonds is 8. The summed E-state index contributed by atoms with van der Waals surface area (Å²) in [5.74, 6) is 0.342. The van der Waals surface area contributed by atoms with Crippen molar-refractivity contribution in [3.05, 3.63) is 48.0 Å². The lowest BCUT2D eigenvalue weighted by Gasteiger charge is -2.15. The number of carbonyl (C=O) groups excluding carboxylic acids is 3. The number of amides is 3. The van der Waals surface area contributed by atoms with Crippen LogP contribution in [0.5, 0.6) is 11.5 Å². The monoisotopic (exact) mass is 428 g/mol. The first kappa shape index (κ1) is 21.7. The Morgan fingerprint density at radius 1 is 1.10 bits per heavy atom. The second-order valence-electron chi connectivity index (χ2n) is 6.74. The maximum absolute atomic E-state index is 12.7. The molecule has 3 amide bonds. The molecular weight excluding hydrogens is 404 g/mol. The van der Waals surface area contributed by atoms with Gasteiger partial charge in [-0.3, -0.25) is 14.4 Å². The van der Waals surface area contributed by atoms with Crippen molar-refractivity contribution < 1.29 is 23.9 Å². The van der Waals surface area contributed by atoms with Gasteiger partial charge in [-0.05, 0) is 24.1 Å². The molecule has 1 N–H and O–H groups in total. The van der Waals surface area contributed by atoms with Gasteiger partial charge in [0.05, 0.1) is 30.9 Å². The molecule has 0 radical (unpaired) electrons. The van der Waals surface area contributed by atoms with E-state index >= 15 is 0 Å². The van der Waals surface area contributed by atoms with Crippen LogP contribution in [0.1, 0.15) is 18.9 Å². The van der Waals surface area contributed by atoms with Gasteiger partial charge in [-0.15, -0.1) is 11.8 Å². The summed E-state index contributed by atoms with van der Waals surface area (Å²) in [5, 5.41) is 2.19. The maximum Gasteiger partial charge on any atom is 0.247 e. The first-order valence-corrected chi connectivity index (χ1v) is 10.6. The van der Waals surface area contributed by atoms with Crippen LogP contribution in [-0.2, 0) is 20.8 Å². The Kier molecular flexibility index (Phi) is 6.99. The van der Waals surface area contributed by atoms with Crippen LogP contribution in [0.2, 0.25) is 0 Å². The first-order valence-electron chi connectivity index (χ1n) is 9.55. The lowest BCUT2D eigenvalue weighted by Crippen LogP contribution is -2.31. The van der Waals surface area contributed by atoms with Crippen LogP contribution in [0.15, 0.2) is 42.5 Å². The van der Waals surface area contributed by atoms with E-state index < -0.39 is 5.25 Å².